The fourth-order valence-electron chi connectivity index (χ4n) is 7.13. The zero-order chi connectivity index (χ0) is 46.3. The van der Waals surface area contributed by atoms with Gasteiger partial charge in [0.25, 0.3) is 0 Å². The lowest BCUT2D eigenvalue weighted by Gasteiger charge is -2.26. The highest BCUT2D eigenvalue weighted by atomic mass is 16.3. The molecule has 0 amide bonds. The molecular formula is C60H64N2O2. The molecule has 5 aromatic carbocycles. The average molecular weight is 845 g/mol. The summed E-state index contributed by atoms with van der Waals surface area (Å²) in [5.41, 5.74) is 13.8. The highest BCUT2D eigenvalue weighted by molar-refractivity contribution is 5.87. The van der Waals surface area contributed by atoms with Crippen LogP contribution >= 0.6 is 0 Å². The summed E-state index contributed by atoms with van der Waals surface area (Å²) in [4.78, 5) is 18.7. The van der Waals surface area contributed by atoms with Crippen LogP contribution in [0.2, 0.25) is 0 Å². The first-order valence-corrected chi connectivity index (χ1v) is 22.8. The summed E-state index contributed by atoms with van der Waals surface area (Å²) in [6.07, 6.45) is 23.5. The Morgan fingerprint density at radius 3 is 1.80 bits per heavy atom. The van der Waals surface area contributed by atoms with Gasteiger partial charge in [0, 0.05) is 28.4 Å². The van der Waals surface area contributed by atoms with E-state index in [0.29, 0.717) is 21.6 Å². The second kappa shape index (κ2) is 26.2. The smallest absolute Gasteiger partial charge is 0.201 e. The molecular weight excluding hydrogens is 781 g/mol. The first kappa shape index (κ1) is 49.3. The second-order valence-electron chi connectivity index (χ2n) is 13.4. The first-order chi connectivity index (χ1) is 31.6. The highest BCUT2D eigenvalue weighted by Gasteiger charge is 2.17. The Balaban J connectivity index is 0.00000106. The summed E-state index contributed by atoms with van der Waals surface area (Å²) in [6.45, 7) is 22.2. The van der Waals surface area contributed by atoms with Crippen molar-refractivity contribution in [2.75, 3.05) is 9.80 Å². The molecule has 326 valence electrons. The van der Waals surface area contributed by atoms with Gasteiger partial charge in [0.05, 0.1) is 16.3 Å². The van der Waals surface area contributed by atoms with Crippen LogP contribution in [0.25, 0.3) is 28.7 Å². The van der Waals surface area contributed by atoms with Crippen molar-refractivity contribution in [3.05, 3.63) is 249 Å². The van der Waals surface area contributed by atoms with Crippen molar-refractivity contribution in [2.24, 2.45) is 0 Å². The number of nitrogens with zero attached hydrogens (tertiary/aromatic N) is 2. The van der Waals surface area contributed by atoms with Gasteiger partial charge in [-0.15, -0.1) is 0 Å². The number of fused-ring (bicyclic) bond motifs is 1. The molecule has 0 atom stereocenters. The molecule has 8 rings (SSSR count). The van der Waals surface area contributed by atoms with Crippen molar-refractivity contribution in [3.8, 4) is 0 Å². The van der Waals surface area contributed by atoms with Crippen LogP contribution < -0.4 is 25.9 Å². The second-order valence-corrected chi connectivity index (χ2v) is 13.4. The highest BCUT2D eigenvalue weighted by Crippen LogP contribution is 2.35. The number of benzene rings is 5. The third-order valence-electron chi connectivity index (χ3n) is 9.77. The Kier molecular flexibility index (Phi) is 20.1. The third-order valence-corrected chi connectivity index (χ3v) is 9.77. The molecule has 0 N–H and O–H groups in total. The quantitative estimate of drug-likeness (QED) is 0.136. The molecule has 0 saturated carbocycles. The van der Waals surface area contributed by atoms with Gasteiger partial charge in [0.2, 0.25) is 5.43 Å². The fourth-order valence-corrected chi connectivity index (χ4v) is 7.13. The van der Waals surface area contributed by atoms with Crippen LogP contribution in [-0.2, 0) is 0 Å². The van der Waals surface area contributed by atoms with E-state index in [4.69, 9.17) is 4.42 Å². The Hall–Kier alpha value is -7.39. The molecule has 0 saturated heterocycles. The average Bonchev–Trinajstić information content (AvgIpc) is 3.79. The van der Waals surface area contributed by atoms with Crippen LogP contribution in [0.15, 0.2) is 227 Å². The fraction of sp³-hybridized carbons (Fsp3) is 0.167. The molecule has 1 heterocycles. The molecule has 64 heavy (non-hydrogen) atoms. The summed E-state index contributed by atoms with van der Waals surface area (Å²) in [6, 6.07) is 44.9. The maximum absolute atomic E-state index is 14.3. The maximum Gasteiger partial charge on any atom is 0.201 e. The van der Waals surface area contributed by atoms with E-state index in [9.17, 15) is 4.79 Å². The number of hydrogen-bond donors (Lipinski definition) is 0. The van der Waals surface area contributed by atoms with Crippen LogP contribution in [0, 0.1) is 0 Å². The van der Waals surface area contributed by atoms with Crippen molar-refractivity contribution in [1.29, 1.82) is 0 Å². The molecule has 2 aliphatic carbocycles. The summed E-state index contributed by atoms with van der Waals surface area (Å²) >= 11 is 0. The number of anilines is 4. The number of allylic oxidation sites excluding steroid dienone is 11. The normalized spacial score (nSPS) is 12.8. The van der Waals surface area contributed by atoms with E-state index in [1.54, 1.807) is 0 Å². The zero-order valence-electron chi connectivity index (χ0n) is 39.2. The molecule has 0 bridgehead atoms. The molecule has 0 aliphatic heterocycles. The van der Waals surface area contributed by atoms with E-state index >= 15 is 0 Å². The molecule has 0 fully saturated rings. The van der Waals surface area contributed by atoms with E-state index in [2.05, 4.69) is 125 Å². The van der Waals surface area contributed by atoms with Crippen molar-refractivity contribution in [2.45, 2.75) is 68.7 Å². The van der Waals surface area contributed by atoms with Crippen LogP contribution in [0.1, 0.15) is 79.9 Å². The number of hydrogen-bond acceptors (Lipinski definition) is 4. The molecule has 6 aromatic rings. The topological polar surface area (TPSA) is 36.7 Å². The molecule has 1 aromatic heterocycles. The molecule has 4 nitrogen and oxygen atoms in total. The molecule has 0 unspecified atom stereocenters. The van der Waals surface area contributed by atoms with E-state index in [-0.39, 0.29) is 5.43 Å². The lowest BCUT2D eigenvalue weighted by molar-refractivity contribution is 0.560. The molecule has 2 aliphatic rings. The summed E-state index contributed by atoms with van der Waals surface area (Å²) in [7, 11) is 0. The number of rotatable bonds is 9. The molecule has 0 radical (unpaired) electrons. The van der Waals surface area contributed by atoms with Gasteiger partial charge in [-0.25, -0.2) is 0 Å². The minimum absolute atomic E-state index is 0.123. The zero-order valence-corrected chi connectivity index (χ0v) is 39.2. The van der Waals surface area contributed by atoms with Gasteiger partial charge in [0.1, 0.15) is 11.0 Å². The summed E-state index contributed by atoms with van der Waals surface area (Å²) in [5, 5.41) is 0.945. The van der Waals surface area contributed by atoms with E-state index in [0.717, 1.165) is 62.8 Å². The van der Waals surface area contributed by atoms with Gasteiger partial charge in [0.15, 0.2) is 0 Å². The van der Waals surface area contributed by atoms with Crippen LogP contribution in [-0.4, -0.2) is 0 Å². The Morgan fingerprint density at radius 1 is 0.656 bits per heavy atom. The van der Waals surface area contributed by atoms with Crippen molar-refractivity contribution in [3.63, 3.8) is 0 Å². The largest absolute Gasteiger partial charge is 0.456 e. The van der Waals surface area contributed by atoms with Gasteiger partial charge in [-0.1, -0.05) is 183 Å². The molecule has 0 spiro atoms. The van der Waals surface area contributed by atoms with Gasteiger partial charge in [-0.05, 0) is 121 Å². The monoisotopic (exact) mass is 844 g/mol. The predicted molar refractivity (Wildman–Crippen MR) is 280 cm³/mol. The van der Waals surface area contributed by atoms with Crippen molar-refractivity contribution < 1.29 is 4.42 Å². The SMILES string of the molecule is C=c1oc2cc(C3=CC=C=C(N(C4=CCC=CC=C4)c4ccccc4)C=C3)ccc2c(=O)/c1=C(/C=C\C)c1ccc(N(c2ccccc2)c2ccccc2)cc1.CC.CC.CC.CC. The van der Waals surface area contributed by atoms with Crippen LogP contribution in [0.4, 0.5) is 22.7 Å². The maximum atomic E-state index is 14.3. The standard InChI is InChI=1S/C52H40N2O2.4C2H6/c1-3-18-48(40-30-34-47(35-31-40)54(44-24-13-7-14-25-44)45-26-15-8-16-27-45)51-38(2)56-50-37-41(32-36-49(50)52(51)55)39-19-17-28-46(33-29-39)53(43-22-11-6-12-23-43)42-20-9-4-5-10-21-42;4*1-2/h3-9,11-27,29-37H,2,10H2,1H3;4*1-2H3/b18-3-,51-48-;;;;. The van der Waals surface area contributed by atoms with Gasteiger partial charge in [-0.3, -0.25) is 4.79 Å². The summed E-state index contributed by atoms with van der Waals surface area (Å²) in [5.74, 6) is 0. The van der Waals surface area contributed by atoms with Gasteiger partial charge in [-0.2, -0.15) is 0 Å². The van der Waals surface area contributed by atoms with Crippen LogP contribution in [0.3, 0.4) is 0 Å². The Morgan fingerprint density at radius 2 is 1.22 bits per heavy atom. The number of para-hydroxylation sites is 3. The van der Waals surface area contributed by atoms with Crippen LogP contribution in [0.5, 0.6) is 0 Å². The van der Waals surface area contributed by atoms with Crippen molar-refractivity contribution in [1.82, 2.24) is 0 Å². The van der Waals surface area contributed by atoms with Crippen molar-refractivity contribution >= 4 is 51.4 Å². The van der Waals surface area contributed by atoms with E-state index in [1.165, 1.54) is 0 Å². The summed E-state index contributed by atoms with van der Waals surface area (Å²) < 4.78 is 6.39. The van der Waals surface area contributed by atoms with Gasteiger partial charge >= 0.3 is 0 Å². The minimum atomic E-state index is -0.123. The minimum Gasteiger partial charge on any atom is -0.456 e. The molecule has 4 heteroatoms. The van der Waals surface area contributed by atoms with E-state index in [1.807, 2.05) is 159 Å². The Bertz CT molecular complexity index is 2790. The lowest BCUT2D eigenvalue weighted by atomic mass is 9.99. The first-order valence-electron chi connectivity index (χ1n) is 22.8. The van der Waals surface area contributed by atoms with Gasteiger partial charge < -0.3 is 14.2 Å². The predicted octanol–water partition coefficient (Wildman–Crippen LogP) is 15.5. The lowest BCUT2D eigenvalue weighted by Crippen LogP contribution is -2.40. The Labute approximate surface area is 382 Å². The van der Waals surface area contributed by atoms with E-state index < -0.39 is 0 Å². The third kappa shape index (κ3) is 11.9.